The molecule has 5 nitrogen and oxygen atoms in total. The first-order valence-electron chi connectivity index (χ1n) is 9.71. The minimum Gasteiger partial charge on any atom is -0.337 e. The van der Waals surface area contributed by atoms with Gasteiger partial charge in [0.05, 0.1) is 11.0 Å². The number of aryl methyl sites for hydroxylation is 1. The van der Waals surface area contributed by atoms with Crippen molar-refractivity contribution in [3.63, 3.8) is 0 Å². The number of hydrogen-bond acceptors (Lipinski definition) is 5. The molecule has 0 N–H and O–H groups in total. The van der Waals surface area contributed by atoms with E-state index in [1.54, 1.807) is 35.3 Å². The summed E-state index contributed by atoms with van der Waals surface area (Å²) in [5.74, 6) is 0.435. The standard InChI is InChI=1S/C22H21FN4OS2/c1-2-29-17-7-3-6-16(14-17)21(28)27(12-5-11-26-13-10-24-15-26)22-25-20-18(23)8-4-9-19(20)30-22/h3-4,6-10,13-15H,2,5,11-12H2,1H3. The van der Waals surface area contributed by atoms with Crippen molar-refractivity contribution in [1.82, 2.24) is 14.5 Å². The Balaban J connectivity index is 1.64. The molecule has 4 rings (SSSR count). The highest BCUT2D eigenvalue weighted by atomic mass is 32.2. The van der Waals surface area contributed by atoms with Crippen LogP contribution in [0, 0.1) is 5.82 Å². The lowest BCUT2D eigenvalue weighted by Crippen LogP contribution is -2.32. The summed E-state index contributed by atoms with van der Waals surface area (Å²) in [6, 6.07) is 12.5. The zero-order valence-electron chi connectivity index (χ0n) is 16.5. The predicted molar refractivity (Wildman–Crippen MR) is 121 cm³/mol. The molecule has 8 heteroatoms. The number of benzene rings is 2. The lowest BCUT2D eigenvalue weighted by molar-refractivity contribution is 0.0986. The van der Waals surface area contributed by atoms with E-state index in [0.29, 0.717) is 22.8 Å². The molecule has 30 heavy (non-hydrogen) atoms. The second-order valence-corrected chi connectivity index (χ2v) is 9.00. The van der Waals surface area contributed by atoms with Crippen LogP contribution >= 0.6 is 23.1 Å². The first kappa shape index (κ1) is 20.6. The van der Waals surface area contributed by atoms with E-state index in [9.17, 15) is 9.18 Å². The summed E-state index contributed by atoms with van der Waals surface area (Å²) < 4.78 is 16.9. The molecular formula is C22H21FN4OS2. The summed E-state index contributed by atoms with van der Waals surface area (Å²) in [4.78, 5) is 24.7. The molecular weight excluding hydrogens is 419 g/mol. The van der Waals surface area contributed by atoms with Gasteiger partial charge < -0.3 is 4.57 Å². The zero-order valence-corrected chi connectivity index (χ0v) is 18.1. The van der Waals surface area contributed by atoms with Crippen LogP contribution in [0.25, 0.3) is 10.2 Å². The zero-order chi connectivity index (χ0) is 20.9. The number of amides is 1. The van der Waals surface area contributed by atoms with E-state index in [2.05, 4.69) is 16.9 Å². The number of carbonyl (C=O) groups excluding carboxylic acids is 1. The third kappa shape index (κ3) is 4.55. The molecule has 0 saturated carbocycles. The monoisotopic (exact) mass is 440 g/mol. The summed E-state index contributed by atoms with van der Waals surface area (Å²) in [6.45, 7) is 3.29. The Morgan fingerprint density at radius 3 is 2.90 bits per heavy atom. The number of nitrogens with zero attached hydrogens (tertiary/aromatic N) is 4. The summed E-state index contributed by atoms with van der Waals surface area (Å²) in [5, 5.41) is 0.513. The third-order valence-electron chi connectivity index (χ3n) is 4.58. The molecule has 2 aromatic carbocycles. The van der Waals surface area contributed by atoms with Gasteiger partial charge >= 0.3 is 0 Å². The number of anilines is 1. The Bertz CT molecular complexity index is 1140. The van der Waals surface area contributed by atoms with Crippen LogP contribution in [0.15, 0.2) is 66.1 Å². The SMILES string of the molecule is CCSc1cccc(C(=O)N(CCCn2ccnc2)c2nc3c(F)cccc3s2)c1. The lowest BCUT2D eigenvalue weighted by atomic mass is 10.2. The summed E-state index contributed by atoms with van der Waals surface area (Å²) >= 11 is 3.03. The fourth-order valence-corrected chi connectivity index (χ4v) is 4.90. The van der Waals surface area contributed by atoms with Crippen molar-refractivity contribution >= 4 is 44.4 Å². The topological polar surface area (TPSA) is 51.0 Å². The van der Waals surface area contributed by atoms with E-state index < -0.39 is 0 Å². The predicted octanol–water partition coefficient (Wildman–Crippen LogP) is 5.48. The highest BCUT2D eigenvalue weighted by molar-refractivity contribution is 7.99. The van der Waals surface area contributed by atoms with Crippen LogP contribution in [0.4, 0.5) is 9.52 Å². The van der Waals surface area contributed by atoms with Gasteiger partial charge in [0.1, 0.15) is 11.3 Å². The quantitative estimate of drug-likeness (QED) is 0.340. The van der Waals surface area contributed by atoms with Crippen LogP contribution in [0.5, 0.6) is 0 Å². The van der Waals surface area contributed by atoms with Crippen LogP contribution in [0.1, 0.15) is 23.7 Å². The number of aromatic nitrogens is 3. The van der Waals surface area contributed by atoms with E-state index in [1.165, 1.54) is 17.4 Å². The number of carbonyl (C=O) groups is 1. The van der Waals surface area contributed by atoms with Crippen LogP contribution in [-0.2, 0) is 6.54 Å². The molecule has 4 aromatic rings. The fraction of sp³-hybridized carbons (Fsp3) is 0.227. The lowest BCUT2D eigenvalue weighted by Gasteiger charge is -2.20. The molecule has 154 valence electrons. The number of para-hydroxylation sites is 1. The number of rotatable bonds is 8. The molecule has 0 aliphatic heterocycles. The van der Waals surface area contributed by atoms with Crippen molar-refractivity contribution in [3.8, 4) is 0 Å². The number of imidazole rings is 1. The van der Waals surface area contributed by atoms with Crippen LogP contribution in [0.2, 0.25) is 0 Å². The van der Waals surface area contributed by atoms with Crippen molar-refractivity contribution < 1.29 is 9.18 Å². The second kappa shape index (κ2) is 9.40. The number of hydrogen-bond donors (Lipinski definition) is 0. The Morgan fingerprint density at radius 2 is 2.13 bits per heavy atom. The van der Waals surface area contributed by atoms with Crippen molar-refractivity contribution in [2.45, 2.75) is 24.8 Å². The van der Waals surface area contributed by atoms with Crippen molar-refractivity contribution in [3.05, 3.63) is 72.6 Å². The number of thiazole rings is 1. The van der Waals surface area contributed by atoms with Gasteiger partial charge in [-0.3, -0.25) is 9.69 Å². The van der Waals surface area contributed by atoms with Crippen LogP contribution in [-0.4, -0.2) is 32.7 Å². The first-order chi connectivity index (χ1) is 14.7. The highest BCUT2D eigenvalue weighted by Crippen LogP contribution is 2.31. The van der Waals surface area contributed by atoms with Gasteiger partial charge in [0.25, 0.3) is 5.91 Å². The van der Waals surface area contributed by atoms with E-state index in [0.717, 1.165) is 28.3 Å². The Morgan fingerprint density at radius 1 is 1.27 bits per heavy atom. The number of halogens is 1. The summed E-state index contributed by atoms with van der Waals surface area (Å²) in [5.41, 5.74) is 0.913. The van der Waals surface area contributed by atoms with Gasteiger partial charge in [-0.05, 0) is 42.5 Å². The van der Waals surface area contributed by atoms with E-state index >= 15 is 0 Å². The highest BCUT2D eigenvalue weighted by Gasteiger charge is 2.22. The molecule has 1 amide bonds. The molecule has 0 unspecified atom stereocenters. The van der Waals surface area contributed by atoms with E-state index in [1.807, 2.05) is 41.1 Å². The largest absolute Gasteiger partial charge is 0.337 e. The van der Waals surface area contributed by atoms with Gasteiger partial charge in [0.15, 0.2) is 5.13 Å². The molecule has 2 aromatic heterocycles. The molecule has 0 radical (unpaired) electrons. The maximum absolute atomic E-state index is 14.2. The Hall–Kier alpha value is -2.71. The van der Waals surface area contributed by atoms with Crippen molar-refractivity contribution in [2.24, 2.45) is 0 Å². The molecule has 0 fully saturated rings. The molecule has 0 spiro atoms. The van der Waals surface area contributed by atoms with Gasteiger partial charge in [-0.1, -0.05) is 30.4 Å². The minimum atomic E-state index is -0.373. The molecule has 2 heterocycles. The van der Waals surface area contributed by atoms with Crippen molar-refractivity contribution in [1.29, 1.82) is 0 Å². The first-order valence-corrected chi connectivity index (χ1v) is 11.5. The van der Waals surface area contributed by atoms with E-state index in [4.69, 9.17) is 0 Å². The molecule has 0 saturated heterocycles. The number of fused-ring (bicyclic) bond motifs is 1. The summed E-state index contributed by atoms with van der Waals surface area (Å²) in [7, 11) is 0. The van der Waals surface area contributed by atoms with Gasteiger partial charge in [-0.25, -0.2) is 14.4 Å². The normalized spacial score (nSPS) is 11.1. The van der Waals surface area contributed by atoms with Gasteiger partial charge in [-0.2, -0.15) is 0 Å². The molecule has 0 aliphatic carbocycles. The number of thioether (sulfide) groups is 1. The van der Waals surface area contributed by atoms with Gasteiger partial charge in [-0.15, -0.1) is 11.8 Å². The second-order valence-electron chi connectivity index (χ2n) is 6.65. The average molecular weight is 441 g/mol. The van der Waals surface area contributed by atoms with Crippen LogP contribution < -0.4 is 4.90 Å². The summed E-state index contributed by atoms with van der Waals surface area (Å²) in [6.07, 6.45) is 6.11. The maximum atomic E-state index is 14.2. The minimum absolute atomic E-state index is 0.126. The Kier molecular flexibility index (Phi) is 6.44. The van der Waals surface area contributed by atoms with Crippen molar-refractivity contribution in [2.75, 3.05) is 17.2 Å². The maximum Gasteiger partial charge on any atom is 0.260 e. The van der Waals surface area contributed by atoms with Gasteiger partial charge in [0.2, 0.25) is 0 Å². The molecule has 0 aliphatic rings. The Labute approximate surface area is 182 Å². The third-order valence-corrected chi connectivity index (χ3v) is 6.50. The van der Waals surface area contributed by atoms with Gasteiger partial charge in [0, 0.05) is 35.9 Å². The van der Waals surface area contributed by atoms with Crippen LogP contribution in [0.3, 0.4) is 0 Å². The molecule has 0 atom stereocenters. The van der Waals surface area contributed by atoms with E-state index in [-0.39, 0.29) is 11.7 Å². The smallest absolute Gasteiger partial charge is 0.260 e. The molecule has 0 bridgehead atoms. The fourth-order valence-electron chi connectivity index (χ4n) is 3.17. The average Bonchev–Trinajstić information content (AvgIpc) is 3.42.